The van der Waals surface area contributed by atoms with E-state index < -0.39 is 14.7 Å². The SMILES string of the molecule is N#CC1(OCCS(=O)(=O)Cl)CCOC1. The average Bonchev–Trinajstić information content (AvgIpc) is 2.52. The monoisotopic (exact) mass is 239 g/mol. The van der Waals surface area contributed by atoms with Crippen molar-refractivity contribution in [3.8, 4) is 6.07 Å². The third-order valence-corrected chi connectivity index (χ3v) is 3.01. The highest BCUT2D eigenvalue weighted by Crippen LogP contribution is 2.22. The number of nitrogens with zero attached hydrogens (tertiary/aromatic N) is 1. The maximum absolute atomic E-state index is 10.6. The highest BCUT2D eigenvalue weighted by atomic mass is 35.7. The number of nitriles is 1. The molecule has 1 fully saturated rings. The Kier molecular flexibility index (Phi) is 3.72. The van der Waals surface area contributed by atoms with Crippen molar-refractivity contribution in [3.63, 3.8) is 0 Å². The first-order chi connectivity index (χ1) is 6.47. The summed E-state index contributed by atoms with van der Waals surface area (Å²) in [5, 5.41) is 8.81. The Morgan fingerprint density at radius 1 is 1.64 bits per heavy atom. The Morgan fingerprint density at radius 2 is 2.36 bits per heavy atom. The molecular formula is C7H10ClNO4S. The van der Waals surface area contributed by atoms with Crippen molar-refractivity contribution in [3.05, 3.63) is 0 Å². The predicted molar refractivity (Wildman–Crippen MR) is 49.4 cm³/mol. The molecule has 0 saturated carbocycles. The van der Waals surface area contributed by atoms with E-state index in [-0.39, 0.29) is 19.0 Å². The lowest BCUT2D eigenvalue weighted by molar-refractivity contribution is -0.000359. The highest BCUT2D eigenvalue weighted by Gasteiger charge is 2.36. The molecule has 1 unspecified atom stereocenters. The van der Waals surface area contributed by atoms with Crippen LogP contribution in [0.5, 0.6) is 0 Å². The molecule has 0 aliphatic carbocycles. The molecule has 1 saturated heterocycles. The molecule has 0 N–H and O–H groups in total. The Labute approximate surface area is 87.0 Å². The van der Waals surface area contributed by atoms with Crippen LogP contribution in [-0.4, -0.2) is 39.6 Å². The molecule has 0 aromatic rings. The van der Waals surface area contributed by atoms with Crippen LogP contribution in [0.3, 0.4) is 0 Å². The van der Waals surface area contributed by atoms with Crippen LogP contribution in [0.15, 0.2) is 0 Å². The fourth-order valence-electron chi connectivity index (χ4n) is 1.12. The molecule has 0 radical (unpaired) electrons. The van der Waals surface area contributed by atoms with Crippen molar-refractivity contribution in [2.75, 3.05) is 25.6 Å². The van der Waals surface area contributed by atoms with E-state index in [1.807, 2.05) is 6.07 Å². The van der Waals surface area contributed by atoms with E-state index in [1.165, 1.54) is 0 Å². The van der Waals surface area contributed by atoms with Gasteiger partial charge in [0.2, 0.25) is 9.05 Å². The zero-order valence-corrected chi connectivity index (χ0v) is 8.97. The van der Waals surface area contributed by atoms with Gasteiger partial charge in [-0.3, -0.25) is 0 Å². The van der Waals surface area contributed by atoms with Gasteiger partial charge in [-0.05, 0) is 0 Å². The molecule has 0 spiro atoms. The van der Waals surface area contributed by atoms with Crippen LogP contribution in [0.1, 0.15) is 6.42 Å². The van der Waals surface area contributed by atoms with Crippen molar-refractivity contribution >= 4 is 19.7 Å². The van der Waals surface area contributed by atoms with Gasteiger partial charge in [0.1, 0.15) is 6.07 Å². The number of hydrogen-bond donors (Lipinski definition) is 0. The van der Waals surface area contributed by atoms with Gasteiger partial charge in [0, 0.05) is 17.1 Å². The molecule has 7 heteroatoms. The van der Waals surface area contributed by atoms with E-state index in [4.69, 9.17) is 25.4 Å². The van der Waals surface area contributed by atoms with Gasteiger partial charge < -0.3 is 9.47 Å². The van der Waals surface area contributed by atoms with Crippen LogP contribution in [0.4, 0.5) is 0 Å². The van der Waals surface area contributed by atoms with E-state index in [0.29, 0.717) is 13.0 Å². The molecule has 80 valence electrons. The third kappa shape index (κ3) is 3.42. The summed E-state index contributed by atoms with van der Waals surface area (Å²) in [6.45, 7) is 0.565. The molecule has 5 nitrogen and oxygen atoms in total. The molecule has 1 atom stereocenters. The molecular weight excluding hydrogens is 230 g/mol. The number of hydrogen-bond acceptors (Lipinski definition) is 5. The van der Waals surface area contributed by atoms with Gasteiger partial charge in [-0.2, -0.15) is 5.26 Å². The van der Waals surface area contributed by atoms with Crippen LogP contribution in [0.25, 0.3) is 0 Å². The summed E-state index contributed by atoms with van der Waals surface area (Å²) in [7, 11) is 1.43. The topological polar surface area (TPSA) is 76.4 Å². The first-order valence-corrected chi connectivity index (χ1v) is 6.51. The van der Waals surface area contributed by atoms with Gasteiger partial charge >= 0.3 is 0 Å². The largest absolute Gasteiger partial charge is 0.377 e. The van der Waals surface area contributed by atoms with Gasteiger partial charge in [0.05, 0.1) is 25.6 Å². The van der Waals surface area contributed by atoms with Crippen LogP contribution >= 0.6 is 10.7 Å². The van der Waals surface area contributed by atoms with E-state index in [9.17, 15) is 8.42 Å². The van der Waals surface area contributed by atoms with Gasteiger partial charge in [0.15, 0.2) is 5.60 Å². The van der Waals surface area contributed by atoms with Gasteiger partial charge in [-0.25, -0.2) is 8.42 Å². The highest BCUT2D eigenvalue weighted by molar-refractivity contribution is 8.13. The molecule has 1 aliphatic rings. The summed E-state index contributed by atoms with van der Waals surface area (Å²) < 4.78 is 31.3. The summed E-state index contributed by atoms with van der Waals surface area (Å²) in [5.74, 6) is -0.294. The summed E-state index contributed by atoms with van der Waals surface area (Å²) in [4.78, 5) is 0. The first kappa shape index (κ1) is 11.7. The quantitative estimate of drug-likeness (QED) is 0.658. The third-order valence-electron chi connectivity index (χ3n) is 1.89. The summed E-state index contributed by atoms with van der Waals surface area (Å²) in [6.07, 6.45) is 0.464. The standard InChI is InChI=1S/C7H10ClNO4S/c8-14(10,11)4-3-13-7(5-9)1-2-12-6-7/h1-4,6H2. The minimum Gasteiger partial charge on any atom is -0.377 e. The minimum absolute atomic E-state index is 0.0806. The van der Waals surface area contributed by atoms with Gasteiger partial charge in [-0.1, -0.05) is 0 Å². The fraction of sp³-hybridized carbons (Fsp3) is 0.857. The first-order valence-electron chi connectivity index (χ1n) is 4.03. The van der Waals surface area contributed by atoms with Crippen LogP contribution in [-0.2, 0) is 18.5 Å². The van der Waals surface area contributed by atoms with E-state index in [0.717, 1.165) is 0 Å². The van der Waals surface area contributed by atoms with Crippen LogP contribution < -0.4 is 0 Å². The average molecular weight is 240 g/mol. The normalized spacial score (nSPS) is 27.4. The zero-order chi connectivity index (χ0) is 10.7. The van der Waals surface area contributed by atoms with E-state index in [2.05, 4.69) is 0 Å². The van der Waals surface area contributed by atoms with E-state index in [1.54, 1.807) is 0 Å². The Morgan fingerprint density at radius 3 is 2.79 bits per heavy atom. The Balaban J connectivity index is 2.40. The fourth-order valence-corrected chi connectivity index (χ4v) is 1.59. The second kappa shape index (κ2) is 4.45. The minimum atomic E-state index is -3.55. The van der Waals surface area contributed by atoms with Crippen molar-refractivity contribution in [2.45, 2.75) is 12.0 Å². The molecule has 1 heterocycles. The predicted octanol–water partition coefficient (Wildman–Crippen LogP) is 0.254. The molecule has 1 rings (SSSR count). The number of rotatable bonds is 4. The second-order valence-electron chi connectivity index (χ2n) is 3.00. The van der Waals surface area contributed by atoms with Crippen molar-refractivity contribution in [2.24, 2.45) is 0 Å². The van der Waals surface area contributed by atoms with Crippen LogP contribution in [0, 0.1) is 11.3 Å². The lowest BCUT2D eigenvalue weighted by Crippen LogP contribution is -2.32. The molecule has 0 bridgehead atoms. The van der Waals surface area contributed by atoms with Crippen LogP contribution in [0.2, 0.25) is 0 Å². The lowest BCUT2D eigenvalue weighted by atomic mass is 10.1. The molecule has 0 aromatic heterocycles. The zero-order valence-electron chi connectivity index (χ0n) is 7.40. The smallest absolute Gasteiger partial charge is 0.234 e. The number of halogens is 1. The Hall–Kier alpha value is -0.350. The molecule has 0 amide bonds. The van der Waals surface area contributed by atoms with Gasteiger partial charge in [0.25, 0.3) is 0 Å². The summed E-state index contributed by atoms with van der Waals surface area (Å²) in [5.41, 5.74) is -0.985. The maximum atomic E-state index is 10.6. The van der Waals surface area contributed by atoms with Crippen molar-refractivity contribution < 1.29 is 17.9 Å². The lowest BCUT2D eigenvalue weighted by Gasteiger charge is -2.18. The Bertz CT molecular complexity index is 328. The molecule has 0 aromatic carbocycles. The van der Waals surface area contributed by atoms with Crippen molar-refractivity contribution in [1.29, 1.82) is 5.26 Å². The molecule has 14 heavy (non-hydrogen) atoms. The van der Waals surface area contributed by atoms with E-state index >= 15 is 0 Å². The summed E-state index contributed by atoms with van der Waals surface area (Å²) >= 11 is 0. The van der Waals surface area contributed by atoms with Gasteiger partial charge in [-0.15, -0.1) is 0 Å². The molecule has 1 aliphatic heterocycles. The maximum Gasteiger partial charge on any atom is 0.234 e. The second-order valence-corrected chi connectivity index (χ2v) is 5.90. The number of ether oxygens (including phenoxy) is 2. The summed E-state index contributed by atoms with van der Waals surface area (Å²) in [6, 6.07) is 1.98. The van der Waals surface area contributed by atoms with Crippen molar-refractivity contribution in [1.82, 2.24) is 0 Å².